The molecule has 0 saturated carbocycles. The van der Waals surface area contributed by atoms with E-state index >= 15 is 0 Å². The van der Waals surface area contributed by atoms with Gasteiger partial charge in [-0.25, -0.2) is 0 Å². The number of hydrogen-bond acceptors (Lipinski definition) is 5. The predicted octanol–water partition coefficient (Wildman–Crippen LogP) is 3.81. The van der Waals surface area contributed by atoms with Crippen LogP contribution in [0.15, 0.2) is 58.1 Å². The largest absolute Gasteiger partial charge is 0.348 e. The molecule has 0 amide bonds. The number of hydrogen-bond donors (Lipinski definition) is 0. The monoisotopic (exact) mass is 474 g/mol. The van der Waals surface area contributed by atoms with Crippen LogP contribution in [0.25, 0.3) is 21.8 Å². The first-order chi connectivity index (χ1) is 16.8. The van der Waals surface area contributed by atoms with E-state index < -0.39 is 0 Å². The van der Waals surface area contributed by atoms with Crippen LogP contribution in [0.2, 0.25) is 0 Å². The lowest BCUT2D eigenvalue weighted by Gasteiger charge is -2.15. The Kier molecular flexibility index (Phi) is 7.28. The summed E-state index contributed by atoms with van der Waals surface area (Å²) in [6.45, 7) is 9.62. The van der Waals surface area contributed by atoms with E-state index in [-0.39, 0.29) is 24.0 Å². The van der Waals surface area contributed by atoms with Crippen LogP contribution in [-0.2, 0) is 27.4 Å². The highest BCUT2D eigenvalue weighted by molar-refractivity contribution is 5.84. The Morgan fingerprint density at radius 1 is 0.771 bits per heavy atom. The predicted molar refractivity (Wildman–Crippen MR) is 137 cm³/mol. The second-order valence-corrected chi connectivity index (χ2v) is 8.93. The highest BCUT2D eigenvalue weighted by Gasteiger charge is 2.18. The normalized spacial score (nSPS) is 13.7. The third-order valence-corrected chi connectivity index (χ3v) is 6.23. The van der Waals surface area contributed by atoms with Crippen molar-refractivity contribution in [3.05, 3.63) is 91.5 Å². The first-order valence-electron chi connectivity index (χ1n) is 11.7. The van der Waals surface area contributed by atoms with E-state index in [0.717, 1.165) is 50.3 Å². The van der Waals surface area contributed by atoms with E-state index in [1.165, 1.54) is 4.57 Å². The molecule has 182 valence electrons. The lowest BCUT2D eigenvalue weighted by Crippen LogP contribution is -2.27. The Bertz CT molecular complexity index is 1510. The van der Waals surface area contributed by atoms with E-state index in [0.29, 0.717) is 19.8 Å². The van der Waals surface area contributed by atoms with Crippen LogP contribution < -0.4 is 11.1 Å². The Hall–Kier alpha value is -3.55. The zero-order valence-electron chi connectivity index (χ0n) is 20.5. The van der Waals surface area contributed by atoms with Crippen molar-refractivity contribution >= 4 is 28.1 Å². The van der Waals surface area contributed by atoms with Crippen LogP contribution >= 0.6 is 0 Å². The third-order valence-electron chi connectivity index (χ3n) is 6.23. The van der Waals surface area contributed by atoms with E-state index in [9.17, 15) is 14.4 Å². The average molecular weight is 475 g/mol. The van der Waals surface area contributed by atoms with Crippen LogP contribution in [0.4, 0.5) is 0 Å². The minimum Gasteiger partial charge on any atom is -0.348 e. The summed E-state index contributed by atoms with van der Waals surface area (Å²) in [5, 5.41) is 2.12. The number of ether oxygens (including phenoxy) is 2. The van der Waals surface area contributed by atoms with Gasteiger partial charge >= 0.3 is 0 Å². The molecule has 1 fully saturated rings. The molecule has 2 aromatic heterocycles. The van der Waals surface area contributed by atoms with Gasteiger partial charge in [0.25, 0.3) is 11.1 Å². The summed E-state index contributed by atoms with van der Waals surface area (Å²) in [7, 11) is 0. The van der Waals surface area contributed by atoms with Gasteiger partial charge in [-0.2, -0.15) is 0 Å². The zero-order chi connectivity index (χ0) is 25.1. The highest BCUT2D eigenvalue weighted by Crippen LogP contribution is 2.20. The molecule has 0 aliphatic carbocycles. The highest BCUT2D eigenvalue weighted by atomic mass is 16.7. The number of nitrogens with zero attached hydrogens (tertiary/aromatic N) is 2. The molecule has 0 radical (unpaired) electrons. The Balaban J connectivity index is 0.000000168. The molecule has 1 saturated heterocycles. The quantitative estimate of drug-likeness (QED) is 0.420. The number of aromatic nitrogens is 2. The second-order valence-electron chi connectivity index (χ2n) is 8.93. The summed E-state index contributed by atoms with van der Waals surface area (Å²) >= 11 is 0. The molecule has 1 aliphatic rings. The molecule has 0 N–H and O–H groups in total. The molecule has 7 nitrogen and oxygen atoms in total. The van der Waals surface area contributed by atoms with E-state index in [4.69, 9.17) is 9.47 Å². The molecule has 0 spiro atoms. The Morgan fingerprint density at radius 2 is 1.26 bits per heavy atom. The van der Waals surface area contributed by atoms with Crippen molar-refractivity contribution in [2.24, 2.45) is 0 Å². The van der Waals surface area contributed by atoms with Crippen molar-refractivity contribution in [3.8, 4) is 0 Å². The number of aldehydes is 1. The van der Waals surface area contributed by atoms with Gasteiger partial charge in [-0.3, -0.25) is 9.59 Å². The van der Waals surface area contributed by atoms with Crippen LogP contribution in [0.3, 0.4) is 0 Å². The van der Waals surface area contributed by atoms with Gasteiger partial charge in [0.05, 0.1) is 37.3 Å². The Labute approximate surface area is 203 Å². The smallest absolute Gasteiger partial charge is 0.251 e. The average Bonchev–Trinajstić information content (AvgIpc) is 3.33. The maximum atomic E-state index is 12.2. The molecule has 1 aliphatic heterocycles. The lowest BCUT2D eigenvalue weighted by molar-refractivity contribution is -0.108. The molecule has 0 atom stereocenters. The molecule has 4 aromatic rings. The standard InChI is InChI=1S/C15H17NO3.C13H13NO2/c1-10-3-4-12-11(2)8-14(17)16(13(12)7-10)9-15-18-5-6-19-15;1-9-3-4-11-10(2)8-13(16)14(5-6-15)12(11)7-9/h3-4,7-8,15H,5-6,9H2,1-2H3;3-4,6-8H,5H2,1-2H3. The summed E-state index contributed by atoms with van der Waals surface area (Å²) in [5.41, 5.74) is 5.82. The number of fused-ring (bicyclic) bond motifs is 2. The maximum Gasteiger partial charge on any atom is 0.251 e. The minimum atomic E-state index is -0.316. The fraction of sp³-hybridized carbons (Fsp3) is 0.321. The van der Waals surface area contributed by atoms with Crippen molar-refractivity contribution in [3.63, 3.8) is 0 Å². The van der Waals surface area contributed by atoms with Crippen LogP contribution in [-0.4, -0.2) is 34.9 Å². The molecule has 0 unspecified atom stereocenters. The van der Waals surface area contributed by atoms with Gasteiger partial charge < -0.3 is 23.4 Å². The van der Waals surface area contributed by atoms with Gasteiger partial charge in [0.2, 0.25) is 0 Å². The molecule has 3 heterocycles. The zero-order valence-corrected chi connectivity index (χ0v) is 20.5. The van der Waals surface area contributed by atoms with Crippen molar-refractivity contribution < 1.29 is 14.3 Å². The van der Waals surface area contributed by atoms with Crippen LogP contribution in [0, 0.1) is 27.7 Å². The lowest BCUT2D eigenvalue weighted by atomic mass is 10.1. The molecule has 35 heavy (non-hydrogen) atoms. The molecular formula is C28H30N2O5. The van der Waals surface area contributed by atoms with Crippen LogP contribution in [0.5, 0.6) is 0 Å². The first-order valence-corrected chi connectivity index (χ1v) is 11.7. The molecule has 7 heteroatoms. The van der Waals surface area contributed by atoms with Crippen LogP contribution in [0.1, 0.15) is 22.3 Å². The fourth-order valence-electron chi connectivity index (χ4n) is 4.43. The summed E-state index contributed by atoms with van der Waals surface area (Å²) < 4.78 is 14.1. The number of carbonyl (C=O) groups excluding carboxylic acids is 1. The van der Waals surface area contributed by atoms with Gasteiger partial charge in [-0.05, 0) is 62.1 Å². The van der Waals surface area contributed by atoms with Crippen molar-refractivity contribution in [1.82, 2.24) is 9.13 Å². The molecule has 2 aromatic carbocycles. The third kappa shape index (κ3) is 5.26. The van der Waals surface area contributed by atoms with Crippen molar-refractivity contribution in [1.29, 1.82) is 0 Å². The van der Waals surface area contributed by atoms with E-state index in [2.05, 4.69) is 12.1 Å². The summed E-state index contributed by atoms with van der Waals surface area (Å²) in [5.74, 6) is 0. The Morgan fingerprint density at radius 3 is 1.77 bits per heavy atom. The maximum absolute atomic E-state index is 12.2. The molecular weight excluding hydrogens is 444 g/mol. The van der Waals surface area contributed by atoms with Gasteiger partial charge in [-0.15, -0.1) is 0 Å². The number of benzene rings is 2. The summed E-state index contributed by atoms with van der Waals surface area (Å²) in [6.07, 6.45) is 0.433. The number of aryl methyl sites for hydroxylation is 4. The first kappa shape index (κ1) is 24.6. The summed E-state index contributed by atoms with van der Waals surface area (Å²) in [4.78, 5) is 34.5. The summed E-state index contributed by atoms with van der Waals surface area (Å²) in [6, 6.07) is 15.3. The number of pyridine rings is 2. The fourth-order valence-corrected chi connectivity index (χ4v) is 4.43. The second kappa shape index (κ2) is 10.4. The van der Waals surface area contributed by atoms with Gasteiger partial charge in [0, 0.05) is 22.9 Å². The number of carbonyl (C=O) groups is 1. The van der Waals surface area contributed by atoms with E-state index in [1.54, 1.807) is 16.7 Å². The van der Waals surface area contributed by atoms with Gasteiger partial charge in [0.15, 0.2) is 6.29 Å². The SMILES string of the molecule is Cc1ccc2c(C)cc(=O)n(CC3OCCO3)c2c1.Cc1ccc2c(C)cc(=O)n(CC=O)c2c1. The topological polar surface area (TPSA) is 79.5 Å². The number of rotatable bonds is 4. The van der Waals surface area contributed by atoms with Crippen molar-refractivity contribution in [2.45, 2.75) is 47.1 Å². The van der Waals surface area contributed by atoms with Gasteiger partial charge in [-0.1, -0.05) is 24.3 Å². The molecule has 5 rings (SSSR count). The van der Waals surface area contributed by atoms with Crippen molar-refractivity contribution in [2.75, 3.05) is 13.2 Å². The minimum absolute atomic E-state index is 0.00491. The van der Waals surface area contributed by atoms with Gasteiger partial charge in [0.1, 0.15) is 6.29 Å². The van der Waals surface area contributed by atoms with E-state index in [1.807, 2.05) is 52.0 Å². The molecule has 0 bridgehead atoms.